The van der Waals surface area contributed by atoms with E-state index in [0.29, 0.717) is 11.4 Å². The molecule has 0 fully saturated rings. The van der Waals surface area contributed by atoms with Gasteiger partial charge < -0.3 is 24.5 Å². The first-order valence-electron chi connectivity index (χ1n) is 15.8. The maximum Gasteiger partial charge on any atom is 0.293 e. The highest BCUT2D eigenvalue weighted by atomic mass is 79.9. The minimum Gasteiger partial charge on any atom is -0.333 e. The highest BCUT2D eigenvalue weighted by Crippen LogP contribution is 2.35. The first-order valence-corrected chi connectivity index (χ1v) is 18.5. The van der Waals surface area contributed by atoms with Crippen LogP contribution in [0.3, 0.4) is 0 Å². The molecule has 0 amide bonds. The first-order chi connectivity index (χ1) is 23.0. The number of carbonyl (C=O) groups is 2. The lowest BCUT2D eigenvalue weighted by atomic mass is 9.83. The number of benzene rings is 3. The zero-order valence-corrected chi connectivity index (χ0v) is 31.3. The molecule has 0 spiro atoms. The van der Waals surface area contributed by atoms with E-state index in [2.05, 4.69) is 66.8 Å². The second kappa shape index (κ2) is 18.7. The Morgan fingerprint density at radius 2 is 1.43 bits per heavy atom. The molecule has 16 heteroatoms. The Kier molecular flexibility index (Phi) is 15.4. The van der Waals surface area contributed by atoms with Crippen molar-refractivity contribution in [2.75, 3.05) is 30.6 Å². The molecule has 0 aromatic heterocycles. The maximum atomic E-state index is 11.2. The fraction of sp³-hybridized carbons (Fsp3) is 0.394. The summed E-state index contributed by atoms with van der Waals surface area (Å²) in [5, 5.41) is 7.06. The number of hydrogen-bond donors (Lipinski definition) is 2. The zero-order valence-electron chi connectivity index (χ0n) is 28.0. The van der Waals surface area contributed by atoms with Gasteiger partial charge in [0, 0.05) is 33.2 Å². The van der Waals surface area contributed by atoms with E-state index >= 15 is 0 Å². The van der Waals surface area contributed by atoms with Crippen LogP contribution >= 0.6 is 28.3 Å². The number of sulfonamides is 1. The number of nitrogens with zero attached hydrogens (tertiary/aromatic N) is 5. The van der Waals surface area contributed by atoms with Gasteiger partial charge in [0.25, 0.3) is 14.8 Å². The van der Waals surface area contributed by atoms with Gasteiger partial charge in [-0.3, -0.25) is 4.72 Å². The molecule has 0 saturated carbocycles. The Bertz CT molecular complexity index is 1780. The van der Waals surface area contributed by atoms with Crippen LogP contribution in [0.15, 0.2) is 64.2 Å². The second-order valence-corrected chi connectivity index (χ2v) is 14.5. The Morgan fingerprint density at radius 3 is 2.02 bits per heavy atom. The van der Waals surface area contributed by atoms with Gasteiger partial charge in [-0.05, 0) is 111 Å². The van der Waals surface area contributed by atoms with Crippen LogP contribution in [0.25, 0.3) is 10.4 Å². The third-order valence-electron chi connectivity index (χ3n) is 8.93. The third kappa shape index (κ3) is 10.4. The van der Waals surface area contributed by atoms with Crippen LogP contribution in [-0.4, -0.2) is 71.1 Å². The van der Waals surface area contributed by atoms with Gasteiger partial charge in [-0.2, -0.15) is 0 Å². The number of anilines is 1. The van der Waals surface area contributed by atoms with Gasteiger partial charge in [-0.15, -0.1) is 12.4 Å². The third-order valence-corrected chi connectivity index (χ3v) is 10.3. The van der Waals surface area contributed by atoms with Gasteiger partial charge in [-0.25, -0.2) is 8.42 Å². The van der Waals surface area contributed by atoms with E-state index in [9.17, 15) is 18.0 Å². The Morgan fingerprint density at radius 1 is 0.878 bits per heavy atom. The number of azide groups is 1. The average Bonchev–Trinajstić information content (AvgIpc) is 3.05. The van der Waals surface area contributed by atoms with Crippen LogP contribution in [0.4, 0.5) is 11.4 Å². The summed E-state index contributed by atoms with van der Waals surface area (Å²) in [6.07, 6.45) is 5.48. The van der Waals surface area contributed by atoms with Crippen LogP contribution < -0.4 is 10.0 Å². The van der Waals surface area contributed by atoms with Crippen LogP contribution in [0.5, 0.6) is 0 Å². The fourth-order valence-electron chi connectivity index (χ4n) is 6.53. The van der Waals surface area contributed by atoms with Crippen molar-refractivity contribution in [1.29, 1.82) is 0 Å². The Hall–Kier alpha value is -3.16. The number of nitrogens with one attached hydrogen (secondary N) is 2. The quantitative estimate of drug-likeness (QED) is 0.0954. The first kappa shape index (κ1) is 40.3. The van der Waals surface area contributed by atoms with Gasteiger partial charge in [0.15, 0.2) is 0 Å². The summed E-state index contributed by atoms with van der Waals surface area (Å²) in [4.78, 5) is 27.9. The largest absolute Gasteiger partial charge is 0.333 e. The van der Waals surface area contributed by atoms with Gasteiger partial charge in [-0.1, -0.05) is 63.5 Å². The van der Waals surface area contributed by atoms with Crippen molar-refractivity contribution < 1.29 is 18.0 Å². The summed E-state index contributed by atoms with van der Waals surface area (Å²) in [7, 11) is -0.00176. The van der Waals surface area contributed by atoms with Crippen molar-refractivity contribution in [2.24, 2.45) is 5.11 Å². The topological polar surface area (TPSA) is 148 Å². The fourth-order valence-corrected chi connectivity index (χ4v) is 7.70. The van der Waals surface area contributed by atoms with Crippen molar-refractivity contribution in [2.45, 2.75) is 58.2 Å². The van der Waals surface area contributed by atoms with E-state index in [0.717, 1.165) is 68.0 Å². The van der Waals surface area contributed by atoms with Crippen molar-refractivity contribution in [3.05, 3.63) is 103 Å². The molecule has 2 radical (unpaired) electrons. The summed E-state index contributed by atoms with van der Waals surface area (Å²) in [5.74, 6) is 0. The van der Waals surface area contributed by atoms with Crippen molar-refractivity contribution in [3.8, 4) is 0 Å². The van der Waals surface area contributed by atoms with Crippen LogP contribution in [0, 0.1) is 0 Å². The molecule has 6 rings (SSSR count). The maximum absolute atomic E-state index is 11.2. The monoisotopic (exact) mass is 767 g/mol. The highest BCUT2D eigenvalue weighted by molar-refractivity contribution is 9.10. The van der Waals surface area contributed by atoms with Gasteiger partial charge in [0.2, 0.25) is 10.0 Å². The Labute approximate surface area is 305 Å². The number of rotatable bonds is 7. The molecular formula is C33H41B2BrClN7O4S. The average molecular weight is 769 g/mol. The molecule has 49 heavy (non-hydrogen) atoms. The van der Waals surface area contributed by atoms with Crippen LogP contribution in [-0.2, 0) is 38.9 Å². The van der Waals surface area contributed by atoms with Gasteiger partial charge in [0.05, 0.1) is 24.3 Å². The van der Waals surface area contributed by atoms with E-state index < -0.39 is 10.0 Å². The number of halogens is 2. The molecule has 0 saturated heterocycles. The summed E-state index contributed by atoms with van der Waals surface area (Å²) < 4.78 is 26.2. The minimum absolute atomic E-state index is 0. The lowest BCUT2D eigenvalue weighted by Gasteiger charge is -2.34. The lowest BCUT2D eigenvalue weighted by Crippen LogP contribution is -2.37. The molecule has 3 aliphatic rings. The lowest BCUT2D eigenvalue weighted by molar-refractivity contribution is 0.342. The van der Waals surface area contributed by atoms with Crippen molar-refractivity contribution in [3.63, 3.8) is 0 Å². The van der Waals surface area contributed by atoms with Gasteiger partial charge >= 0.3 is 0 Å². The summed E-state index contributed by atoms with van der Waals surface area (Å²) >= 11 is 3.57. The molecule has 0 aliphatic carbocycles. The molecule has 3 unspecified atom stereocenters. The van der Waals surface area contributed by atoms with E-state index in [-0.39, 0.29) is 30.5 Å². The molecule has 3 aromatic rings. The van der Waals surface area contributed by atoms with E-state index in [1.54, 1.807) is 14.8 Å². The number of hydrogen-bond acceptors (Lipinski definition) is 8. The smallest absolute Gasteiger partial charge is 0.293 e. The van der Waals surface area contributed by atoms with E-state index in [1.165, 1.54) is 27.4 Å². The standard InChI is InChI=1S/C11H12BBrNO.C11H12BN4O.C11H16N2O2S.ClH/c1-8-9-3-2-4-11(13)10(9)5-6-14(8)12-7-15;1-8-9-3-2-4-11(14-15-13)10(9)5-6-16(8)12-7-17;1-8-9-4-3-5-11(13-16(2,14)15)10(9)6-7-12-8;/h2-4,7-8H,5-6H2,1H3;2-4,7-8H,5-6H2,1H3;3-5,8,12-13H,6-7H2,1-2H3;1H. The predicted octanol–water partition coefficient (Wildman–Crippen LogP) is 6.22. The van der Waals surface area contributed by atoms with E-state index in [1.807, 2.05) is 54.2 Å². The molecule has 3 aromatic carbocycles. The SMILES string of the molecule is CC1NCCc2c(NS(C)(=O)=O)cccc21.CC1c2cccc(Br)c2CCN1[B]C=O.CC1c2cccc(N=[N+]=[N-])c2CCN1[B]C=O.Cl. The highest BCUT2D eigenvalue weighted by Gasteiger charge is 2.26. The van der Waals surface area contributed by atoms with Gasteiger partial charge in [0.1, 0.15) is 0 Å². The van der Waals surface area contributed by atoms with E-state index in [4.69, 9.17) is 5.53 Å². The normalized spacial score (nSPS) is 19.6. The summed E-state index contributed by atoms with van der Waals surface area (Å²) in [6.45, 7) is 8.82. The minimum atomic E-state index is -3.20. The summed E-state index contributed by atoms with van der Waals surface area (Å²) in [6, 6.07) is 18.4. The van der Waals surface area contributed by atoms with Crippen molar-refractivity contribution >= 4 is 76.9 Å². The van der Waals surface area contributed by atoms with Crippen LogP contribution in [0.2, 0.25) is 0 Å². The molecule has 0 bridgehead atoms. The molecular weight excluding hydrogens is 727 g/mol. The molecule has 3 heterocycles. The molecule has 258 valence electrons. The predicted molar refractivity (Wildman–Crippen MR) is 204 cm³/mol. The molecule has 2 N–H and O–H groups in total. The molecule has 3 atom stereocenters. The molecule has 3 aliphatic heterocycles. The number of fused-ring (bicyclic) bond motifs is 3. The Balaban J connectivity index is 0.000000197. The van der Waals surface area contributed by atoms with Crippen molar-refractivity contribution in [1.82, 2.24) is 14.9 Å². The molecule has 11 nitrogen and oxygen atoms in total. The number of carbonyl (C=O) groups excluding carboxylic acids is 2. The van der Waals surface area contributed by atoms with Crippen LogP contribution in [0.1, 0.15) is 72.3 Å². The second-order valence-electron chi connectivity index (χ2n) is 11.9. The zero-order chi connectivity index (χ0) is 34.8. The summed E-state index contributed by atoms with van der Waals surface area (Å²) in [5.41, 5.74) is 17.1.